The summed E-state index contributed by atoms with van der Waals surface area (Å²) in [5.74, 6) is 0.274. The van der Waals surface area contributed by atoms with Crippen LogP contribution in [0.15, 0.2) is 36.7 Å². The van der Waals surface area contributed by atoms with Crippen LogP contribution in [0.1, 0.15) is 23.7 Å². The summed E-state index contributed by atoms with van der Waals surface area (Å²) in [6.07, 6.45) is 4.44. The number of hydrogen-bond donors (Lipinski definition) is 2. The maximum atomic E-state index is 12.2. The molecule has 0 radical (unpaired) electrons. The first-order valence-electron chi connectivity index (χ1n) is 6.99. The van der Waals surface area contributed by atoms with E-state index in [1.54, 1.807) is 24.4 Å². The second-order valence-electron chi connectivity index (χ2n) is 4.54. The molecule has 1 heterocycles. The van der Waals surface area contributed by atoms with Gasteiger partial charge >= 0.3 is 0 Å². The largest absolute Gasteiger partial charge is 0.491 e. The van der Waals surface area contributed by atoms with Crippen LogP contribution in [0.4, 0.5) is 5.69 Å². The lowest BCUT2D eigenvalue weighted by atomic mass is 10.1. The Morgan fingerprint density at radius 2 is 2.29 bits per heavy atom. The number of carbonyl (C=O) groups excluding carboxylic acids is 1. The van der Waals surface area contributed by atoms with Gasteiger partial charge in [0.1, 0.15) is 0 Å². The highest BCUT2D eigenvalue weighted by Crippen LogP contribution is 2.26. The van der Waals surface area contributed by atoms with E-state index in [2.05, 4.69) is 10.4 Å². The normalized spacial score (nSPS) is 10.3. The minimum atomic E-state index is -0.175. The van der Waals surface area contributed by atoms with E-state index in [4.69, 9.17) is 10.5 Å². The predicted molar refractivity (Wildman–Crippen MR) is 81.2 cm³/mol. The average molecular weight is 288 g/mol. The number of ether oxygens (including phenoxy) is 1. The van der Waals surface area contributed by atoms with Gasteiger partial charge in [-0.3, -0.25) is 9.48 Å². The van der Waals surface area contributed by atoms with Crippen LogP contribution in [0.3, 0.4) is 0 Å². The highest BCUT2D eigenvalue weighted by molar-refractivity contribution is 5.98. The number of benzene rings is 1. The number of aryl methyl sites for hydroxylation is 1. The van der Waals surface area contributed by atoms with Crippen LogP contribution in [0.5, 0.6) is 5.75 Å². The molecule has 0 atom stereocenters. The van der Waals surface area contributed by atoms with Crippen molar-refractivity contribution in [3.8, 4) is 5.75 Å². The number of nitrogens with two attached hydrogens (primary N) is 1. The zero-order valence-corrected chi connectivity index (χ0v) is 12.1. The van der Waals surface area contributed by atoms with Gasteiger partial charge in [0.25, 0.3) is 5.91 Å². The summed E-state index contributed by atoms with van der Waals surface area (Å²) in [6.45, 7) is 3.66. The standard InChI is InChI=1S/C15H20N4O2/c1-2-21-14-12(6-3-7-13(14)16)15(20)17-8-4-10-19-11-5-9-18-19/h3,5-7,9,11H,2,4,8,10,16H2,1H3,(H,17,20). The van der Waals surface area contributed by atoms with E-state index < -0.39 is 0 Å². The Bertz CT molecular complexity index is 581. The number of rotatable bonds is 7. The number of anilines is 1. The summed E-state index contributed by atoms with van der Waals surface area (Å²) in [5.41, 5.74) is 6.79. The molecule has 6 nitrogen and oxygen atoms in total. The average Bonchev–Trinajstić information content (AvgIpc) is 2.99. The molecule has 2 rings (SSSR count). The van der Waals surface area contributed by atoms with Crippen molar-refractivity contribution < 1.29 is 9.53 Å². The molecule has 0 aliphatic carbocycles. The van der Waals surface area contributed by atoms with Gasteiger partial charge in [-0.25, -0.2) is 0 Å². The molecule has 3 N–H and O–H groups in total. The van der Waals surface area contributed by atoms with Gasteiger partial charge in [-0.15, -0.1) is 0 Å². The van der Waals surface area contributed by atoms with Gasteiger partial charge in [0, 0.05) is 25.5 Å². The Labute approximate surface area is 123 Å². The van der Waals surface area contributed by atoms with Crippen molar-refractivity contribution in [3.05, 3.63) is 42.2 Å². The molecule has 0 unspecified atom stereocenters. The molecule has 2 aromatic rings. The number of nitrogen functional groups attached to an aromatic ring is 1. The number of para-hydroxylation sites is 1. The first kappa shape index (κ1) is 14.9. The third-order valence-corrected chi connectivity index (χ3v) is 2.99. The quantitative estimate of drug-likeness (QED) is 0.600. The Kier molecular flexibility index (Phi) is 5.20. The van der Waals surface area contributed by atoms with Gasteiger partial charge in [0.15, 0.2) is 5.75 Å². The third kappa shape index (κ3) is 3.98. The fourth-order valence-electron chi connectivity index (χ4n) is 2.01. The van der Waals surface area contributed by atoms with Crippen LogP contribution >= 0.6 is 0 Å². The first-order chi connectivity index (χ1) is 10.2. The molecule has 0 saturated carbocycles. The van der Waals surface area contributed by atoms with Crippen molar-refractivity contribution >= 4 is 11.6 Å². The molecule has 112 valence electrons. The van der Waals surface area contributed by atoms with Crippen molar-refractivity contribution in [2.24, 2.45) is 0 Å². The summed E-state index contributed by atoms with van der Waals surface area (Å²) < 4.78 is 7.29. The zero-order valence-electron chi connectivity index (χ0n) is 12.1. The molecule has 0 bridgehead atoms. The van der Waals surface area contributed by atoms with E-state index in [1.807, 2.05) is 23.9 Å². The van der Waals surface area contributed by atoms with E-state index in [-0.39, 0.29) is 5.91 Å². The molecule has 0 fully saturated rings. The summed E-state index contributed by atoms with van der Waals surface area (Å²) >= 11 is 0. The molecular weight excluding hydrogens is 268 g/mol. The van der Waals surface area contributed by atoms with Crippen LogP contribution in [0.25, 0.3) is 0 Å². The highest BCUT2D eigenvalue weighted by Gasteiger charge is 2.14. The second kappa shape index (κ2) is 7.33. The molecule has 0 spiro atoms. The molecule has 21 heavy (non-hydrogen) atoms. The molecule has 6 heteroatoms. The number of nitrogens with one attached hydrogen (secondary N) is 1. The SMILES string of the molecule is CCOc1c(N)cccc1C(=O)NCCCn1cccn1. The smallest absolute Gasteiger partial charge is 0.255 e. The van der Waals surface area contributed by atoms with Gasteiger partial charge in [0.2, 0.25) is 0 Å². The lowest BCUT2D eigenvalue weighted by Crippen LogP contribution is -2.26. The van der Waals surface area contributed by atoms with Crippen molar-refractivity contribution in [3.63, 3.8) is 0 Å². The van der Waals surface area contributed by atoms with E-state index in [0.717, 1.165) is 13.0 Å². The minimum Gasteiger partial charge on any atom is -0.491 e. The first-order valence-corrected chi connectivity index (χ1v) is 6.99. The Balaban J connectivity index is 1.89. The molecular formula is C15H20N4O2. The summed E-state index contributed by atoms with van der Waals surface area (Å²) in [5, 5.41) is 6.98. The van der Waals surface area contributed by atoms with Crippen LogP contribution in [0.2, 0.25) is 0 Å². The Morgan fingerprint density at radius 3 is 3.00 bits per heavy atom. The van der Waals surface area contributed by atoms with Gasteiger partial charge in [-0.05, 0) is 31.5 Å². The fourth-order valence-corrected chi connectivity index (χ4v) is 2.01. The lowest BCUT2D eigenvalue weighted by molar-refractivity contribution is 0.0949. The van der Waals surface area contributed by atoms with E-state index in [9.17, 15) is 4.79 Å². The van der Waals surface area contributed by atoms with Gasteiger partial charge < -0.3 is 15.8 Å². The van der Waals surface area contributed by atoms with Crippen molar-refractivity contribution in [2.45, 2.75) is 19.9 Å². The number of amides is 1. The van der Waals surface area contributed by atoms with Crippen molar-refractivity contribution in [1.29, 1.82) is 0 Å². The summed E-state index contributed by atoms with van der Waals surface area (Å²) in [4.78, 5) is 12.2. The van der Waals surface area contributed by atoms with Crippen molar-refractivity contribution in [1.82, 2.24) is 15.1 Å². The number of aromatic nitrogens is 2. The topological polar surface area (TPSA) is 82.2 Å². The molecule has 1 amide bonds. The van der Waals surface area contributed by atoms with Gasteiger partial charge in [-0.2, -0.15) is 5.10 Å². The fraction of sp³-hybridized carbons (Fsp3) is 0.333. The number of carbonyl (C=O) groups is 1. The summed E-state index contributed by atoms with van der Waals surface area (Å²) in [6, 6.07) is 7.06. The lowest BCUT2D eigenvalue weighted by Gasteiger charge is -2.12. The minimum absolute atomic E-state index is 0.175. The maximum absolute atomic E-state index is 12.2. The van der Waals surface area contributed by atoms with E-state index >= 15 is 0 Å². The molecule has 0 saturated heterocycles. The second-order valence-corrected chi connectivity index (χ2v) is 4.54. The van der Waals surface area contributed by atoms with Crippen LogP contribution < -0.4 is 15.8 Å². The molecule has 0 aliphatic rings. The van der Waals surface area contributed by atoms with Gasteiger partial charge in [0.05, 0.1) is 17.9 Å². The Morgan fingerprint density at radius 1 is 1.43 bits per heavy atom. The Hall–Kier alpha value is -2.50. The van der Waals surface area contributed by atoms with E-state index in [0.29, 0.717) is 30.2 Å². The van der Waals surface area contributed by atoms with Crippen LogP contribution in [-0.4, -0.2) is 28.8 Å². The predicted octanol–water partition coefficient (Wildman–Crippen LogP) is 1.68. The maximum Gasteiger partial charge on any atom is 0.255 e. The van der Waals surface area contributed by atoms with E-state index in [1.165, 1.54) is 0 Å². The number of nitrogens with zero attached hydrogens (tertiary/aromatic N) is 2. The molecule has 0 aliphatic heterocycles. The van der Waals surface area contributed by atoms with Gasteiger partial charge in [-0.1, -0.05) is 6.07 Å². The van der Waals surface area contributed by atoms with Crippen molar-refractivity contribution in [2.75, 3.05) is 18.9 Å². The van der Waals surface area contributed by atoms with Crippen LogP contribution in [-0.2, 0) is 6.54 Å². The zero-order chi connectivity index (χ0) is 15.1. The summed E-state index contributed by atoms with van der Waals surface area (Å²) in [7, 11) is 0. The van der Waals surface area contributed by atoms with Crippen LogP contribution in [0, 0.1) is 0 Å². The third-order valence-electron chi connectivity index (χ3n) is 2.99. The molecule has 1 aromatic heterocycles. The number of hydrogen-bond acceptors (Lipinski definition) is 4. The monoisotopic (exact) mass is 288 g/mol. The molecule has 1 aromatic carbocycles. The highest BCUT2D eigenvalue weighted by atomic mass is 16.5.